The molecule has 28 heavy (non-hydrogen) atoms. The van der Waals surface area contributed by atoms with Gasteiger partial charge in [0.15, 0.2) is 0 Å². The molecule has 0 unspecified atom stereocenters. The van der Waals surface area contributed by atoms with E-state index in [0.29, 0.717) is 18.6 Å². The lowest BCUT2D eigenvalue weighted by molar-refractivity contribution is 0.302. The van der Waals surface area contributed by atoms with Crippen LogP contribution in [0.5, 0.6) is 5.75 Å². The molecule has 2 atom stereocenters. The number of benzene rings is 3. The fourth-order valence-corrected chi connectivity index (χ4v) is 3.96. The number of aromatic nitrogens is 1. The highest BCUT2D eigenvalue weighted by atomic mass is 16.5. The Balaban J connectivity index is 1.24. The van der Waals surface area contributed by atoms with E-state index in [-0.39, 0.29) is 0 Å². The van der Waals surface area contributed by atoms with Crippen LogP contribution >= 0.6 is 0 Å². The molecule has 0 spiro atoms. The topological polar surface area (TPSA) is 37.0 Å². The maximum absolute atomic E-state index is 6.15. The molecular formula is C25H24N2O. The minimum absolute atomic E-state index is 0.506. The summed E-state index contributed by atoms with van der Waals surface area (Å²) in [5, 5.41) is 5.00. The highest BCUT2D eigenvalue weighted by Gasteiger charge is 2.39. The van der Waals surface area contributed by atoms with Gasteiger partial charge in [0.25, 0.3) is 0 Å². The predicted molar refractivity (Wildman–Crippen MR) is 114 cm³/mol. The zero-order valence-electron chi connectivity index (χ0n) is 15.8. The summed E-state index contributed by atoms with van der Waals surface area (Å²) in [6.07, 6.45) is 3.17. The van der Waals surface area contributed by atoms with Gasteiger partial charge < -0.3 is 15.0 Å². The molecule has 0 bridgehead atoms. The van der Waals surface area contributed by atoms with Crippen molar-refractivity contribution in [3.63, 3.8) is 0 Å². The average Bonchev–Trinajstić information content (AvgIpc) is 3.36. The lowest BCUT2D eigenvalue weighted by Gasteiger charge is -2.12. The van der Waals surface area contributed by atoms with Crippen LogP contribution < -0.4 is 10.1 Å². The smallest absolute Gasteiger partial charge is 0.123 e. The normalized spacial score (nSPS) is 18.3. The first-order valence-electron chi connectivity index (χ1n) is 9.92. The molecule has 0 saturated heterocycles. The summed E-state index contributed by atoms with van der Waals surface area (Å²) in [6.45, 7) is 1.49. The first-order valence-corrected chi connectivity index (χ1v) is 9.92. The molecule has 0 aliphatic heterocycles. The lowest BCUT2D eigenvalue weighted by atomic mass is 10.1. The van der Waals surface area contributed by atoms with Gasteiger partial charge in [0.05, 0.1) is 0 Å². The van der Waals surface area contributed by atoms with E-state index in [4.69, 9.17) is 4.74 Å². The minimum Gasteiger partial charge on any atom is -0.489 e. The average molecular weight is 368 g/mol. The van der Waals surface area contributed by atoms with Gasteiger partial charge in [-0.15, -0.1) is 0 Å². The molecule has 2 N–H and O–H groups in total. The number of hydrogen-bond acceptors (Lipinski definition) is 2. The minimum atomic E-state index is 0.506. The molecule has 3 nitrogen and oxygen atoms in total. The molecule has 1 aliphatic rings. The summed E-state index contributed by atoms with van der Waals surface area (Å²) in [5.74, 6) is 1.53. The summed E-state index contributed by atoms with van der Waals surface area (Å²) in [4.78, 5) is 3.36. The Bertz CT molecular complexity index is 1070. The van der Waals surface area contributed by atoms with E-state index < -0.39 is 0 Å². The second kappa shape index (κ2) is 7.53. The fourth-order valence-electron chi connectivity index (χ4n) is 3.96. The molecule has 4 aromatic rings. The maximum atomic E-state index is 6.15. The van der Waals surface area contributed by atoms with Crippen LogP contribution in [0.1, 0.15) is 29.0 Å². The van der Waals surface area contributed by atoms with E-state index in [0.717, 1.165) is 18.7 Å². The third kappa shape index (κ3) is 3.54. The second-order valence-electron chi connectivity index (χ2n) is 7.50. The highest BCUT2D eigenvalue weighted by Crippen LogP contribution is 2.45. The van der Waals surface area contributed by atoms with E-state index in [1.165, 1.54) is 27.6 Å². The number of nitrogens with one attached hydrogen (secondary N) is 2. The first-order chi connectivity index (χ1) is 13.9. The van der Waals surface area contributed by atoms with Crippen LogP contribution in [0, 0.1) is 0 Å². The van der Waals surface area contributed by atoms with Crippen LogP contribution in [-0.2, 0) is 13.2 Å². The SMILES string of the molecule is c1ccc(COc2ccccc2[C@@H]2C[C@H]2NCc2cccc3cc[nH]c23)cc1. The monoisotopic (exact) mass is 368 g/mol. The van der Waals surface area contributed by atoms with Crippen molar-refractivity contribution >= 4 is 10.9 Å². The summed E-state index contributed by atoms with van der Waals surface area (Å²) in [5.41, 5.74) is 5.07. The van der Waals surface area contributed by atoms with Crippen molar-refractivity contribution in [1.29, 1.82) is 0 Å². The molecule has 1 fully saturated rings. The van der Waals surface area contributed by atoms with Gasteiger partial charge in [-0.05, 0) is 40.6 Å². The van der Waals surface area contributed by atoms with Crippen molar-refractivity contribution in [2.24, 2.45) is 0 Å². The van der Waals surface area contributed by atoms with Crippen LogP contribution in [0.3, 0.4) is 0 Å². The maximum Gasteiger partial charge on any atom is 0.123 e. The number of para-hydroxylation sites is 2. The van der Waals surface area contributed by atoms with Crippen molar-refractivity contribution in [3.8, 4) is 5.75 Å². The zero-order chi connectivity index (χ0) is 18.8. The van der Waals surface area contributed by atoms with Gasteiger partial charge in [0.2, 0.25) is 0 Å². The van der Waals surface area contributed by atoms with Crippen LogP contribution in [0.15, 0.2) is 85.1 Å². The molecule has 3 heteroatoms. The molecule has 1 aromatic heterocycles. The molecule has 1 aliphatic carbocycles. The number of rotatable bonds is 7. The van der Waals surface area contributed by atoms with Gasteiger partial charge in [0.1, 0.15) is 12.4 Å². The standard InChI is InChI=1S/C25H24N2O/c1-2-7-18(8-3-1)17-28-24-12-5-4-11-21(24)22-15-23(22)27-16-20-10-6-9-19-13-14-26-25(19)20/h1-14,22-23,26-27H,15-17H2/t22-,23+/m0/s1. The Morgan fingerprint density at radius 1 is 0.893 bits per heavy atom. The molecule has 5 rings (SSSR count). The van der Waals surface area contributed by atoms with Gasteiger partial charge in [-0.2, -0.15) is 0 Å². The molecule has 140 valence electrons. The molecule has 1 saturated carbocycles. The van der Waals surface area contributed by atoms with E-state index in [2.05, 4.69) is 83.1 Å². The van der Waals surface area contributed by atoms with E-state index in [1.54, 1.807) is 0 Å². The fraction of sp³-hybridized carbons (Fsp3) is 0.200. The van der Waals surface area contributed by atoms with Gasteiger partial charge >= 0.3 is 0 Å². The first kappa shape index (κ1) is 17.1. The molecule has 0 radical (unpaired) electrons. The summed E-state index contributed by atoms with van der Waals surface area (Å²) in [6, 6.07) is 27.9. The van der Waals surface area contributed by atoms with Gasteiger partial charge in [-0.25, -0.2) is 0 Å². The lowest BCUT2D eigenvalue weighted by Crippen LogP contribution is -2.17. The largest absolute Gasteiger partial charge is 0.489 e. The number of aromatic amines is 1. The van der Waals surface area contributed by atoms with Crippen LogP contribution in [0.2, 0.25) is 0 Å². The highest BCUT2D eigenvalue weighted by molar-refractivity contribution is 5.82. The zero-order valence-corrected chi connectivity index (χ0v) is 15.8. The Morgan fingerprint density at radius 3 is 2.68 bits per heavy atom. The summed E-state index contributed by atoms with van der Waals surface area (Å²) in [7, 11) is 0. The van der Waals surface area contributed by atoms with Crippen molar-refractivity contribution < 1.29 is 4.74 Å². The Kier molecular flexibility index (Phi) is 4.59. The van der Waals surface area contributed by atoms with Crippen molar-refractivity contribution in [3.05, 3.63) is 102 Å². The Labute approximate surface area is 165 Å². The molecular weight excluding hydrogens is 344 g/mol. The third-order valence-electron chi connectivity index (χ3n) is 5.57. The van der Waals surface area contributed by atoms with Crippen LogP contribution in [-0.4, -0.2) is 11.0 Å². The van der Waals surface area contributed by atoms with Crippen LogP contribution in [0.4, 0.5) is 0 Å². The predicted octanol–water partition coefficient (Wildman–Crippen LogP) is 5.39. The quantitative estimate of drug-likeness (QED) is 0.459. The van der Waals surface area contributed by atoms with Gasteiger partial charge in [-0.1, -0.05) is 66.7 Å². The molecule has 0 amide bonds. The second-order valence-corrected chi connectivity index (χ2v) is 7.50. The van der Waals surface area contributed by atoms with E-state index >= 15 is 0 Å². The van der Waals surface area contributed by atoms with Crippen molar-refractivity contribution in [2.45, 2.75) is 31.5 Å². The summed E-state index contributed by atoms with van der Waals surface area (Å²) >= 11 is 0. The summed E-state index contributed by atoms with van der Waals surface area (Å²) < 4.78 is 6.15. The van der Waals surface area contributed by atoms with Crippen molar-refractivity contribution in [1.82, 2.24) is 10.3 Å². The molecule has 1 heterocycles. The van der Waals surface area contributed by atoms with Crippen molar-refractivity contribution in [2.75, 3.05) is 0 Å². The Morgan fingerprint density at radius 2 is 1.75 bits per heavy atom. The van der Waals surface area contributed by atoms with E-state index in [1.807, 2.05) is 12.3 Å². The molecule has 3 aromatic carbocycles. The van der Waals surface area contributed by atoms with Crippen LogP contribution in [0.25, 0.3) is 10.9 Å². The number of H-pyrrole nitrogens is 1. The van der Waals surface area contributed by atoms with E-state index in [9.17, 15) is 0 Å². The van der Waals surface area contributed by atoms with Gasteiger partial charge in [0, 0.05) is 30.2 Å². The number of fused-ring (bicyclic) bond motifs is 1. The number of hydrogen-bond donors (Lipinski definition) is 2. The third-order valence-corrected chi connectivity index (χ3v) is 5.57. The van der Waals surface area contributed by atoms with Gasteiger partial charge in [-0.3, -0.25) is 0 Å². The Hall–Kier alpha value is -3.04. The number of ether oxygens (including phenoxy) is 1.